The number of para-hydroxylation sites is 1. The molecule has 0 saturated heterocycles. The number of benzene rings is 1. The third-order valence-electron chi connectivity index (χ3n) is 4.01. The number of amides is 2. The van der Waals surface area contributed by atoms with E-state index in [1.54, 1.807) is 12.2 Å². The van der Waals surface area contributed by atoms with Gasteiger partial charge in [0.1, 0.15) is 24.8 Å². The molecule has 0 bridgehead atoms. The van der Waals surface area contributed by atoms with Crippen LogP contribution in [0.5, 0.6) is 5.75 Å². The number of likely N-dealkylation sites (N-methyl/N-ethyl adjacent to an activating group) is 1. The lowest BCUT2D eigenvalue weighted by Gasteiger charge is -2.29. The van der Waals surface area contributed by atoms with Crippen LogP contribution in [-0.4, -0.2) is 48.6 Å². The van der Waals surface area contributed by atoms with Gasteiger partial charge in [0.05, 0.1) is 6.04 Å². The quantitative estimate of drug-likeness (QED) is 0.830. The van der Waals surface area contributed by atoms with Crippen molar-refractivity contribution in [2.45, 2.75) is 38.1 Å². The van der Waals surface area contributed by atoms with Gasteiger partial charge in [-0.3, -0.25) is 9.59 Å². The molecule has 1 aromatic carbocycles. The molecule has 1 N–H and O–H groups in total. The zero-order valence-corrected chi connectivity index (χ0v) is 13.4. The molecule has 0 radical (unpaired) electrons. The Morgan fingerprint density at radius 1 is 1.38 bits per heavy atom. The minimum atomic E-state index is -4.50. The second-order valence-corrected chi connectivity index (χ2v) is 5.78. The molecule has 0 aromatic heterocycles. The minimum absolute atomic E-state index is 0.255. The lowest BCUT2D eigenvalue weighted by molar-refractivity contribution is -0.144. The van der Waals surface area contributed by atoms with Crippen molar-refractivity contribution < 1.29 is 27.5 Å². The fraction of sp³-hybridized carbons (Fsp3) is 0.500. The van der Waals surface area contributed by atoms with Gasteiger partial charge in [-0.05, 0) is 18.6 Å². The lowest BCUT2D eigenvalue weighted by atomic mass is 10.0. The van der Waals surface area contributed by atoms with E-state index in [0.29, 0.717) is 6.42 Å². The van der Waals surface area contributed by atoms with Gasteiger partial charge in [-0.15, -0.1) is 0 Å². The first-order chi connectivity index (χ1) is 11.2. The van der Waals surface area contributed by atoms with Gasteiger partial charge in [0.25, 0.3) is 0 Å². The number of ether oxygens (including phenoxy) is 1. The molecule has 0 saturated carbocycles. The van der Waals surface area contributed by atoms with E-state index >= 15 is 0 Å². The Labute approximate surface area is 137 Å². The monoisotopic (exact) mass is 344 g/mol. The molecule has 24 heavy (non-hydrogen) atoms. The second-order valence-electron chi connectivity index (χ2n) is 5.78. The molecule has 1 heterocycles. The number of carbonyl (C=O) groups is 2. The number of fused-ring (bicyclic) bond motifs is 1. The maximum atomic E-state index is 12.1. The van der Waals surface area contributed by atoms with E-state index in [-0.39, 0.29) is 12.1 Å². The topological polar surface area (TPSA) is 58.6 Å². The van der Waals surface area contributed by atoms with Crippen molar-refractivity contribution in [1.29, 1.82) is 0 Å². The number of nitrogens with one attached hydrogen (secondary N) is 1. The molecule has 1 aliphatic rings. The number of rotatable bonds is 5. The first kappa shape index (κ1) is 18.1. The van der Waals surface area contributed by atoms with E-state index in [0.717, 1.165) is 11.3 Å². The molecule has 8 heteroatoms. The molecular formula is C16H19F3N2O3. The van der Waals surface area contributed by atoms with Crippen LogP contribution in [0, 0.1) is 0 Å². The van der Waals surface area contributed by atoms with Crippen molar-refractivity contribution >= 4 is 11.8 Å². The number of hydrogen-bond acceptors (Lipinski definition) is 3. The number of halogens is 3. The first-order valence-electron chi connectivity index (χ1n) is 7.51. The summed E-state index contributed by atoms with van der Waals surface area (Å²) in [4.78, 5) is 24.9. The van der Waals surface area contributed by atoms with Crippen LogP contribution in [0.3, 0.4) is 0 Å². The van der Waals surface area contributed by atoms with Crippen LogP contribution in [-0.2, 0) is 16.0 Å². The Bertz CT molecular complexity index is 594. The van der Waals surface area contributed by atoms with Crippen molar-refractivity contribution in [2.75, 3.05) is 13.6 Å². The highest BCUT2D eigenvalue weighted by molar-refractivity contribution is 5.96. The number of hydrogen-bond donors (Lipinski definition) is 1. The van der Waals surface area contributed by atoms with Gasteiger partial charge in [-0.1, -0.05) is 18.2 Å². The van der Waals surface area contributed by atoms with Crippen LogP contribution in [0.1, 0.15) is 18.9 Å². The first-order valence-corrected chi connectivity index (χ1v) is 7.51. The van der Waals surface area contributed by atoms with Crippen molar-refractivity contribution in [1.82, 2.24) is 10.2 Å². The third-order valence-corrected chi connectivity index (χ3v) is 4.01. The summed E-state index contributed by atoms with van der Waals surface area (Å²) < 4.78 is 41.9. The minimum Gasteiger partial charge on any atom is -0.488 e. The largest absolute Gasteiger partial charge is 0.488 e. The molecule has 1 aliphatic heterocycles. The van der Waals surface area contributed by atoms with E-state index in [4.69, 9.17) is 4.74 Å². The Morgan fingerprint density at radius 3 is 2.67 bits per heavy atom. The third kappa shape index (κ3) is 4.62. The highest BCUT2D eigenvalue weighted by Gasteiger charge is 2.33. The lowest BCUT2D eigenvalue weighted by Crippen LogP contribution is -2.46. The summed E-state index contributed by atoms with van der Waals surface area (Å²) >= 11 is 0. The fourth-order valence-electron chi connectivity index (χ4n) is 2.48. The van der Waals surface area contributed by atoms with Crippen molar-refractivity contribution in [3.05, 3.63) is 29.8 Å². The Morgan fingerprint density at radius 2 is 2.04 bits per heavy atom. The van der Waals surface area contributed by atoms with Gasteiger partial charge in [-0.25, -0.2) is 0 Å². The summed E-state index contributed by atoms with van der Waals surface area (Å²) in [7, 11) is 1.51. The Hall–Kier alpha value is -2.25. The van der Waals surface area contributed by atoms with E-state index in [2.05, 4.69) is 0 Å². The van der Waals surface area contributed by atoms with Gasteiger partial charge in [-0.2, -0.15) is 13.2 Å². The maximum absolute atomic E-state index is 12.1. The van der Waals surface area contributed by atoms with E-state index in [9.17, 15) is 22.8 Å². The molecule has 5 nitrogen and oxygen atoms in total. The Balaban J connectivity index is 1.86. The molecule has 1 aromatic rings. The summed E-state index contributed by atoms with van der Waals surface area (Å²) in [6.45, 7) is 0.335. The number of nitrogens with zero attached hydrogens (tertiary/aromatic N) is 1. The molecule has 2 rings (SSSR count). The molecule has 0 spiro atoms. The molecule has 2 atom stereocenters. The average Bonchev–Trinajstić information content (AvgIpc) is 2.94. The second kappa shape index (κ2) is 7.11. The number of carbonyl (C=O) groups excluding carboxylic acids is 2. The van der Waals surface area contributed by atoms with Gasteiger partial charge >= 0.3 is 6.18 Å². The molecule has 132 valence electrons. The van der Waals surface area contributed by atoms with Crippen molar-refractivity contribution in [3.8, 4) is 5.75 Å². The van der Waals surface area contributed by atoms with E-state index in [1.807, 2.05) is 24.3 Å². The molecule has 0 aliphatic carbocycles. The van der Waals surface area contributed by atoms with Crippen LogP contribution in [0.2, 0.25) is 0 Å². The summed E-state index contributed by atoms with van der Waals surface area (Å²) in [5.74, 6) is -0.744. The predicted molar refractivity (Wildman–Crippen MR) is 80.5 cm³/mol. The van der Waals surface area contributed by atoms with Crippen LogP contribution in [0.15, 0.2) is 24.3 Å². The standard InChI is InChI=1S/C16H19F3N2O3/c1-10(13-7-11-5-3-4-6-12(11)24-13)21(2)15(23)8-14(22)20-9-16(17,18)19/h3-6,10,13H,7-9H2,1-2H3,(H,20,22)/t10-,13+/m0/s1. The van der Waals surface area contributed by atoms with Crippen LogP contribution < -0.4 is 10.1 Å². The van der Waals surface area contributed by atoms with Crippen molar-refractivity contribution in [3.63, 3.8) is 0 Å². The summed E-state index contributed by atoms with van der Waals surface area (Å²) in [5, 5.41) is 1.69. The highest BCUT2D eigenvalue weighted by atomic mass is 19.4. The van der Waals surface area contributed by atoms with E-state index in [1.165, 1.54) is 11.9 Å². The summed E-state index contributed by atoms with van der Waals surface area (Å²) in [5.41, 5.74) is 1.04. The van der Waals surface area contributed by atoms with Gasteiger partial charge in [0.15, 0.2) is 0 Å². The van der Waals surface area contributed by atoms with E-state index < -0.39 is 31.0 Å². The van der Waals surface area contributed by atoms with Gasteiger partial charge in [0, 0.05) is 13.5 Å². The van der Waals surface area contributed by atoms with Crippen LogP contribution in [0.25, 0.3) is 0 Å². The molecule has 0 fully saturated rings. The molecule has 0 unspecified atom stereocenters. The maximum Gasteiger partial charge on any atom is 0.405 e. The SMILES string of the molecule is C[C@@H]([C@H]1Cc2ccccc2O1)N(C)C(=O)CC(=O)NCC(F)(F)F. The summed E-state index contributed by atoms with van der Waals surface area (Å²) in [6, 6.07) is 7.21. The normalized spacial score (nSPS) is 17.6. The zero-order chi connectivity index (χ0) is 17.9. The fourth-order valence-corrected chi connectivity index (χ4v) is 2.48. The number of alkyl halides is 3. The molecular weight excluding hydrogens is 325 g/mol. The highest BCUT2D eigenvalue weighted by Crippen LogP contribution is 2.30. The van der Waals surface area contributed by atoms with Gasteiger partial charge in [0.2, 0.25) is 11.8 Å². The van der Waals surface area contributed by atoms with Crippen LogP contribution in [0.4, 0.5) is 13.2 Å². The Kier molecular flexibility index (Phi) is 5.36. The molecule has 2 amide bonds. The average molecular weight is 344 g/mol. The zero-order valence-electron chi connectivity index (χ0n) is 13.4. The summed E-state index contributed by atoms with van der Waals surface area (Å²) in [6.07, 6.45) is -4.75. The predicted octanol–water partition coefficient (Wildman–Crippen LogP) is 1.91. The van der Waals surface area contributed by atoms with Crippen LogP contribution >= 0.6 is 0 Å². The van der Waals surface area contributed by atoms with Gasteiger partial charge < -0.3 is 15.0 Å². The van der Waals surface area contributed by atoms with Crippen molar-refractivity contribution in [2.24, 2.45) is 0 Å². The smallest absolute Gasteiger partial charge is 0.405 e.